The number of benzene rings is 1. The summed E-state index contributed by atoms with van der Waals surface area (Å²) < 4.78 is 78.9. The third-order valence-electron chi connectivity index (χ3n) is 3.96. The summed E-state index contributed by atoms with van der Waals surface area (Å²) in [5, 5.41) is 3.95. The van der Waals surface area contributed by atoms with E-state index in [9.17, 15) is 35.9 Å². The van der Waals surface area contributed by atoms with E-state index >= 15 is 0 Å². The smallest absolute Gasteiger partial charge is 0.268 e. The Morgan fingerprint density at radius 2 is 1.61 bits per heavy atom. The van der Waals surface area contributed by atoms with Gasteiger partial charge in [0, 0.05) is 30.2 Å². The van der Waals surface area contributed by atoms with E-state index < -0.39 is 46.7 Å². The molecule has 0 unspecified atom stereocenters. The predicted octanol–water partition coefficient (Wildman–Crippen LogP) is 2.79. The molecule has 0 fully saturated rings. The number of imide groups is 1. The van der Waals surface area contributed by atoms with Gasteiger partial charge in [0.2, 0.25) is 0 Å². The summed E-state index contributed by atoms with van der Waals surface area (Å²) >= 11 is 0. The molecule has 0 aliphatic heterocycles. The van der Waals surface area contributed by atoms with Crippen LogP contribution in [-0.2, 0) is 17.1 Å². The standard InChI is InChI=1S/C18H11F6N7O2/c19-17(20,21)11-5-10(6-12(7-11)18(22,23)24)15-28-9-30(29-15)4-1-14(32)31(25)16(33)13-8-26-2-3-27-13/h1-9H,25H2/b4-1-. The quantitative estimate of drug-likeness (QED) is 0.204. The van der Waals surface area contributed by atoms with Gasteiger partial charge >= 0.3 is 12.4 Å². The number of hydrogen-bond acceptors (Lipinski definition) is 7. The summed E-state index contributed by atoms with van der Waals surface area (Å²) in [5.41, 5.74) is -3.82. The van der Waals surface area contributed by atoms with E-state index in [1.165, 1.54) is 12.4 Å². The normalized spacial score (nSPS) is 12.2. The fraction of sp³-hybridized carbons (Fsp3) is 0.111. The van der Waals surface area contributed by atoms with Gasteiger partial charge in [-0.15, -0.1) is 5.10 Å². The van der Waals surface area contributed by atoms with Gasteiger partial charge in [-0.1, -0.05) is 0 Å². The number of nitrogens with zero attached hydrogens (tertiary/aromatic N) is 6. The third kappa shape index (κ3) is 5.57. The van der Waals surface area contributed by atoms with E-state index in [4.69, 9.17) is 5.84 Å². The lowest BCUT2D eigenvalue weighted by atomic mass is 10.0. The SMILES string of the molecule is NN(C(=O)/C=C\n1cnc(-c2cc(C(F)(F)F)cc(C(F)(F)F)c2)n1)C(=O)c1cnccn1. The first-order valence-electron chi connectivity index (χ1n) is 8.64. The summed E-state index contributed by atoms with van der Waals surface area (Å²) in [6, 6.07) is 0.902. The number of nitrogens with two attached hydrogens (primary N) is 1. The molecule has 0 atom stereocenters. The Balaban J connectivity index is 1.83. The summed E-state index contributed by atoms with van der Waals surface area (Å²) in [7, 11) is 0. The zero-order chi connectivity index (χ0) is 24.4. The molecule has 2 heterocycles. The molecule has 2 N–H and O–H groups in total. The summed E-state index contributed by atoms with van der Waals surface area (Å²) in [5.74, 6) is 2.96. The van der Waals surface area contributed by atoms with Crippen LogP contribution in [0.3, 0.4) is 0 Å². The number of hydrazine groups is 1. The van der Waals surface area contributed by atoms with E-state index in [1.807, 2.05) is 0 Å². The third-order valence-corrected chi connectivity index (χ3v) is 3.96. The number of halogens is 6. The molecule has 0 saturated carbocycles. The van der Waals surface area contributed by atoms with Crippen molar-refractivity contribution < 1.29 is 35.9 Å². The van der Waals surface area contributed by atoms with Gasteiger partial charge in [0.1, 0.15) is 12.0 Å². The van der Waals surface area contributed by atoms with E-state index in [0.717, 1.165) is 29.5 Å². The highest BCUT2D eigenvalue weighted by atomic mass is 19.4. The molecule has 2 aromatic heterocycles. The monoisotopic (exact) mass is 471 g/mol. The molecule has 9 nitrogen and oxygen atoms in total. The highest BCUT2D eigenvalue weighted by molar-refractivity contribution is 6.07. The van der Waals surface area contributed by atoms with Crippen LogP contribution in [0.4, 0.5) is 26.3 Å². The van der Waals surface area contributed by atoms with Crippen LogP contribution < -0.4 is 5.84 Å². The highest BCUT2D eigenvalue weighted by Crippen LogP contribution is 2.38. The molecule has 172 valence electrons. The van der Waals surface area contributed by atoms with E-state index in [0.29, 0.717) is 12.1 Å². The van der Waals surface area contributed by atoms with Gasteiger partial charge in [-0.25, -0.2) is 25.5 Å². The van der Waals surface area contributed by atoms with E-state index in [2.05, 4.69) is 20.1 Å². The van der Waals surface area contributed by atoms with Crippen LogP contribution in [0.25, 0.3) is 17.6 Å². The van der Waals surface area contributed by atoms with Gasteiger partial charge in [-0.3, -0.25) is 14.6 Å². The molecule has 2 amide bonds. The molecule has 3 aromatic rings. The Labute approximate surface area is 180 Å². The fourth-order valence-electron chi connectivity index (χ4n) is 2.42. The second-order valence-electron chi connectivity index (χ2n) is 6.26. The lowest BCUT2D eigenvalue weighted by molar-refractivity contribution is -0.143. The number of amides is 2. The molecule has 1 aromatic carbocycles. The lowest BCUT2D eigenvalue weighted by Gasteiger charge is -2.13. The molecule has 0 spiro atoms. The number of hydrogen-bond donors (Lipinski definition) is 1. The van der Waals surface area contributed by atoms with E-state index in [-0.39, 0.29) is 16.8 Å². The molecule has 0 aliphatic rings. The van der Waals surface area contributed by atoms with E-state index in [1.54, 1.807) is 0 Å². The van der Waals surface area contributed by atoms with Crippen molar-refractivity contribution in [1.29, 1.82) is 0 Å². The van der Waals surface area contributed by atoms with Crippen LogP contribution in [0.15, 0.2) is 49.2 Å². The Hall–Kier alpha value is -4.14. The van der Waals surface area contributed by atoms with Crippen molar-refractivity contribution in [3.8, 4) is 11.4 Å². The van der Waals surface area contributed by atoms with Crippen molar-refractivity contribution in [3.05, 3.63) is 66.0 Å². The summed E-state index contributed by atoms with van der Waals surface area (Å²) in [4.78, 5) is 35.1. The molecule has 3 rings (SSSR count). The van der Waals surface area contributed by atoms with Crippen molar-refractivity contribution >= 4 is 18.0 Å². The van der Waals surface area contributed by atoms with Crippen LogP contribution in [0.1, 0.15) is 21.6 Å². The number of carbonyl (C=O) groups is 2. The first kappa shape index (κ1) is 23.5. The molecule has 0 radical (unpaired) electrons. The molecule has 0 bridgehead atoms. The average Bonchev–Trinajstić information content (AvgIpc) is 3.24. The van der Waals surface area contributed by atoms with Crippen LogP contribution >= 0.6 is 0 Å². The lowest BCUT2D eigenvalue weighted by Crippen LogP contribution is -2.42. The van der Waals surface area contributed by atoms with Crippen molar-refractivity contribution in [2.45, 2.75) is 12.4 Å². The highest BCUT2D eigenvalue weighted by Gasteiger charge is 2.37. The van der Waals surface area contributed by atoms with Gasteiger partial charge in [0.05, 0.1) is 17.3 Å². The summed E-state index contributed by atoms with van der Waals surface area (Å²) in [6.07, 6.45) is -3.84. The van der Waals surface area contributed by atoms with Crippen LogP contribution in [-0.4, -0.2) is 41.6 Å². The maximum atomic E-state index is 13.0. The molecule has 0 aliphatic carbocycles. The topological polar surface area (TPSA) is 120 Å². The largest absolute Gasteiger partial charge is 0.416 e. The van der Waals surface area contributed by atoms with Crippen LogP contribution in [0, 0.1) is 0 Å². The molecule has 33 heavy (non-hydrogen) atoms. The molecule has 15 heteroatoms. The maximum Gasteiger partial charge on any atom is 0.416 e. The zero-order valence-corrected chi connectivity index (χ0v) is 16.0. The second kappa shape index (κ2) is 8.78. The van der Waals surface area contributed by atoms with Gasteiger partial charge in [0.15, 0.2) is 5.82 Å². The van der Waals surface area contributed by atoms with Crippen LogP contribution in [0.5, 0.6) is 0 Å². The van der Waals surface area contributed by atoms with Gasteiger partial charge in [0.25, 0.3) is 11.8 Å². The predicted molar refractivity (Wildman–Crippen MR) is 98.2 cm³/mol. The van der Waals surface area contributed by atoms with Crippen molar-refractivity contribution in [3.63, 3.8) is 0 Å². The fourth-order valence-corrected chi connectivity index (χ4v) is 2.42. The number of aromatic nitrogens is 5. The Bertz CT molecular complexity index is 1170. The number of alkyl halides is 6. The molecular weight excluding hydrogens is 460 g/mol. The van der Waals surface area contributed by atoms with Crippen molar-refractivity contribution in [2.24, 2.45) is 5.84 Å². The molecular formula is C18H11F6N7O2. The number of carbonyl (C=O) groups excluding carboxylic acids is 2. The minimum absolute atomic E-state index is 0.0248. The van der Waals surface area contributed by atoms with Crippen molar-refractivity contribution in [2.75, 3.05) is 0 Å². The summed E-state index contributed by atoms with van der Waals surface area (Å²) in [6.45, 7) is 0. The average molecular weight is 471 g/mol. The van der Waals surface area contributed by atoms with Gasteiger partial charge < -0.3 is 0 Å². The first-order valence-corrected chi connectivity index (χ1v) is 8.64. The Morgan fingerprint density at radius 1 is 0.970 bits per heavy atom. The van der Waals surface area contributed by atoms with Crippen molar-refractivity contribution in [1.82, 2.24) is 29.7 Å². The maximum absolute atomic E-state index is 13.0. The Kier molecular flexibility index (Phi) is 6.25. The zero-order valence-electron chi connectivity index (χ0n) is 16.0. The van der Waals surface area contributed by atoms with Crippen LogP contribution in [0.2, 0.25) is 0 Å². The first-order chi connectivity index (χ1) is 15.4. The van der Waals surface area contributed by atoms with Gasteiger partial charge in [-0.05, 0) is 18.2 Å². The number of rotatable bonds is 4. The Morgan fingerprint density at radius 3 is 2.15 bits per heavy atom. The van der Waals surface area contributed by atoms with Gasteiger partial charge in [-0.2, -0.15) is 26.3 Å². The minimum atomic E-state index is -5.04. The minimum Gasteiger partial charge on any atom is -0.268 e. The molecule has 0 saturated heterocycles. The second-order valence-corrected chi connectivity index (χ2v) is 6.26.